The Morgan fingerprint density at radius 1 is 1.12 bits per heavy atom. The number of hydrogen-bond donors (Lipinski definition) is 2. The van der Waals surface area contributed by atoms with Gasteiger partial charge in [-0.1, -0.05) is 70.6 Å². The molecule has 6 atom stereocenters. The summed E-state index contributed by atoms with van der Waals surface area (Å²) in [7, 11) is 0. The Kier molecular flexibility index (Phi) is 8.84. The molecule has 2 N–H and O–H groups in total. The summed E-state index contributed by atoms with van der Waals surface area (Å²) in [6.07, 6.45) is 13.1. The summed E-state index contributed by atoms with van der Waals surface area (Å²) in [5.41, 5.74) is 3.73. The van der Waals surface area contributed by atoms with Crippen LogP contribution in [-0.4, -0.2) is 22.3 Å². The van der Waals surface area contributed by atoms with Crippen molar-refractivity contribution >= 4 is 5.97 Å². The van der Waals surface area contributed by atoms with Crippen molar-refractivity contribution in [1.29, 1.82) is 0 Å². The molecule has 3 aliphatic carbocycles. The SMILES string of the molecule is C/C1=C/CC[C@]2(C)[C@@H]([C@H](C)C=C[C@@H](C)C(C)C)CC[C@H]2c2ccc(cc2C(=O)O)C[C@@H](O)CC1. The Hall–Kier alpha value is -1.87. The van der Waals surface area contributed by atoms with E-state index in [-0.39, 0.29) is 11.3 Å². The van der Waals surface area contributed by atoms with E-state index in [1.54, 1.807) is 0 Å². The normalized spacial score (nSPS) is 31.6. The summed E-state index contributed by atoms with van der Waals surface area (Å²) in [5, 5.41) is 20.6. The molecule has 0 radical (unpaired) electrons. The van der Waals surface area contributed by atoms with Crippen molar-refractivity contribution in [3.63, 3.8) is 0 Å². The number of rotatable bonds is 5. The first-order valence-corrected chi connectivity index (χ1v) is 13.4. The molecule has 0 amide bonds. The van der Waals surface area contributed by atoms with Gasteiger partial charge in [0.05, 0.1) is 11.7 Å². The number of benzene rings is 1. The summed E-state index contributed by atoms with van der Waals surface area (Å²) in [5.74, 6) is 1.56. The molecule has 0 aliphatic heterocycles. The van der Waals surface area contributed by atoms with Gasteiger partial charge < -0.3 is 10.2 Å². The molecule has 1 aromatic carbocycles. The fourth-order valence-electron chi connectivity index (χ4n) is 6.42. The summed E-state index contributed by atoms with van der Waals surface area (Å²) in [6.45, 7) is 13.8. The third-order valence-electron chi connectivity index (χ3n) is 9.06. The maximum Gasteiger partial charge on any atom is 0.335 e. The molecule has 1 saturated carbocycles. The maximum absolute atomic E-state index is 12.3. The van der Waals surface area contributed by atoms with Gasteiger partial charge >= 0.3 is 5.97 Å². The highest BCUT2D eigenvalue weighted by Gasteiger charge is 2.48. The molecule has 188 valence electrons. The summed E-state index contributed by atoms with van der Waals surface area (Å²) in [4.78, 5) is 12.3. The fourth-order valence-corrected chi connectivity index (χ4v) is 6.42. The first-order valence-electron chi connectivity index (χ1n) is 13.4. The van der Waals surface area contributed by atoms with E-state index in [2.05, 4.69) is 71.9 Å². The predicted molar refractivity (Wildman–Crippen MR) is 141 cm³/mol. The largest absolute Gasteiger partial charge is 0.478 e. The molecule has 2 bridgehead atoms. The van der Waals surface area contributed by atoms with E-state index >= 15 is 0 Å². The minimum Gasteiger partial charge on any atom is -0.478 e. The Balaban J connectivity index is 2.02. The van der Waals surface area contributed by atoms with Crippen molar-refractivity contribution in [2.24, 2.45) is 29.1 Å². The van der Waals surface area contributed by atoms with Gasteiger partial charge in [-0.2, -0.15) is 0 Å². The quantitative estimate of drug-likeness (QED) is 0.435. The van der Waals surface area contributed by atoms with Crippen LogP contribution in [0.4, 0.5) is 0 Å². The van der Waals surface area contributed by atoms with E-state index in [0.717, 1.165) is 43.2 Å². The number of carboxylic acids is 1. The van der Waals surface area contributed by atoms with Gasteiger partial charge in [0.1, 0.15) is 0 Å². The minimum atomic E-state index is -0.848. The second-order valence-electron chi connectivity index (χ2n) is 11.8. The monoisotopic (exact) mass is 466 g/mol. The van der Waals surface area contributed by atoms with Crippen LogP contribution in [0.3, 0.4) is 0 Å². The van der Waals surface area contributed by atoms with Gasteiger partial charge in [-0.25, -0.2) is 4.79 Å². The molecule has 1 fully saturated rings. The Morgan fingerprint density at radius 2 is 1.85 bits per heavy atom. The molecular weight excluding hydrogens is 420 g/mol. The van der Waals surface area contributed by atoms with E-state index in [1.165, 1.54) is 5.57 Å². The van der Waals surface area contributed by atoms with Crippen LogP contribution in [0.5, 0.6) is 0 Å². The van der Waals surface area contributed by atoms with Gasteiger partial charge in [0.25, 0.3) is 0 Å². The number of carbonyl (C=O) groups is 1. The van der Waals surface area contributed by atoms with E-state index in [0.29, 0.717) is 42.1 Å². The first-order chi connectivity index (χ1) is 16.0. The van der Waals surface area contributed by atoms with Gasteiger partial charge in [0.2, 0.25) is 0 Å². The molecule has 34 heavy (non-hydrogen) atoms. The Morgan fingerprint density at radius 3 is 2.53 bits per heavy atom. The standard InChI is InChI=1S/C31H46O3/c1-20(2)22(4)10-11-23(5)28-15-16-29-26-14-12-24(19-27(26)30(33)34)18-25(32)13-9-21(3)8-7-17-31(28,29)6/h8,10-12,14,19-20,22-23,25,28-29,32H,7,9,13,15-18H2,1-6H3,(H,33,34)/b11-10?,21-8-/t22-,23-,25+,28-,29+,31-/m1/s1. The number of aliphatic hydroxyl groups excluding tert-OH is 1. The summed E-state index contributed by atoms with van der Waals surface area (Å²) in [6, 6.07) is 5.95. The van der Waals surface area contributed by atoms with Crippen LogP contribution in [0.25, 0.3) is 0 Å². The Labute approximate surface area is 207 Å². The van der Waals surface area contributed by atoms with Crippen molar-refractivity contribution in [2.75, 3.05) is 0 Å². The number of carboxylic acid groups (broad SMARTS) is 1. The zero-order valence-electron chi connectivity index (χ0n) is 22.2. The number of aromatic carboxylic acids is 1. The van der Waals surface area contributed by atoms with E-state index in [1.807, 2.05) is 6.07 Å². The van der Waals surface area contributed by atoms with Gasteiger partial charge in [-0.15, -0.1) is 0 Å². The minimum absolute atomic E-state index is 0.0386. The molecule has 0 saturated heterocycles. The van der Waals surface area contributed by atoms with Gasteiger partial charge in [0.15, 0.2) is 0 Å². The zero-order chi connectivity index (χ0) is 25.0. The number of hydrogen-bond acceptors (Lipinski definition) is 2. The van der Waals surface area contributed by atoms with E-state index < -0.39 is 12.1 Å². The van der Waals surface area contributed by atoms with Crippen LogP contribution in [-0.2, 0) is 6.42 Å². The second kappa shape index (κ2) is 11.2. The van der Waals surface area contributed by atoms with Gasteiger partial charge in [-0.05, 0) is 104 Å². The van der Waals surface area contributed by atoms with Gasteiger partial charge in [-0.3, -0.25) is 0 Å². The maximum atomic E-state index is 12.3. The van der Waals surface area contributed by atoms with Crippen molar-refractivity contribution in [3.05, 3.63) is 58.7 Å². The lowest BCUT2D eigenvalue weighted by atomic mass is 9.64. The third kappa shape index (κ3) is 6.03. The average Bonchev–Trinajstić information content (AvgIpc) is 3.12. The highest BCUT2D eigenvalue weighted by molar-refractivity contribution is 5.90. The average molecular weight is 467 g/mol. The van der Waals surface area contributed by atoms with Crippen molar-refractivity contribution in [2.45, 2.75) is 98.5 Å². The van der Waals surface area contributed by atoms with Crippen molar-refractivity contribution < 1.29 is 15.0 Å². The topological polar surface area (TPSA) is 57.5 Å². The van der Waals surface area contributed by atoms with Crippen LogP contribution < -0.4 is 0 Å². The van der Waals surface area contributed by atoms with Crippen LogP contribution >= 0.6 is 0 Å². The van der Waals surface area contributed by atoms with Crippen LogP contribution in [0.1, 0.15) is 107 Å². The number of allylic oxidation sites excluding steroid dienone is 4. The Bertz CT molecular complexity index is 911. The fraction of sp³-hybridized carbons (Fsp3) is 0.645. The molecule has 3 heteroatoms. The summed E-state index contributed by atoms with van der Waals surface area (Å²) >= 11 is 0. The van der Waals surface area contributed by atoms with Gasteiger partial charge in [0, 0.05) is 0 Å². The third-order valence-corrected chi connectivity index (χ3v) is 9.06. The van der Waals surface area contributed by atoms with E-state index in [4.69, 9.17) is 0 Å². The van der Waals surface area contributed by atoms with Crippen LogP contribution in [0.15, 0.2) is 42.0 Å². The lowest BCUT2D eigenvalue weighted by molar-refractivity contribution is 0.0692. The molecule has 0 aromatic heterocycles. The number of fused-ring (bicyclic) bond motifs is 8. The molecule has 0 spiro atoms. The molecule has 3 aliphatic rings. The van der Waals surface area contributed by atoms with Crippen molar-refractivity contribution in [3.8, 4) is 0 Å². The molecule has 1 aromatic rings. The summed E-state index contributed by atoms with van der Waals surface area (Å²) < 4.78 is 0. The second-order valence-corrected chi connectivity index (χ2v) is 11.8. The lowest BCUT2D eigenvalue weighted by Crippen LogP contribution is -2.32. The van der Waals surface area contributed by atoms with Crippen LogP contribution in [0, 0.1) is 29.1 Å². The zero-order valence-corrected chi connectivity index (χ0v) is 22.2. The van der Waals surface area contributed by atoms with Crippen LogP contribution in [0.2, 0.25) is 0 Å². The predicted octanol–water partition coefficient (Wildman–Crippen LogP) is 7.79. The molecule has 4 rings (SSSR count). The molecular formula is C31H46O3. The lowest BCUT2D eigenvalue weighted by Gasteiger charge is -2.40. The number of aliphatic hydroxyl groups is 1. The highest BCUT2D eigenvalue weighted by atomic mass is 16.4. The molecule has 0 unspecified atom stereocenters. The molecule has 0 heterocycles. The van der Waals surface area contributed by atoms with Crippen molar-refractivity contribution in [1.82, 2.24) is 0 Å². The molecule has 3 nitrogen and oxygen atoms in total. The highest BCUT2D eigenvalue weighted by Crippen LogP contribution is 2.58. The smallest absolute Gasteiger partial charge is 0.335 e. The first kappa shape index (κ1) is 26.7. The van der Waals surface area contributed by atoms with E-state index in [9.17, 15) is 15.0 Å².